The Balaban J connectivity index is 2.14. The number of hydrogen-bond acceptors (Lipinski definition) is 3. The van der Waals surface area contributed by atoms with Gasteiger partial charge in [0.05, 0.1) is 21.3 Å². The molecule has 2 heterocycles. The number of carboxylic acids is 1. The fourth-order valence-electron chi connectivity index (χ4n) is 2.86. The second-order valence-electron chi connectivity index (χ2n) is 5.86. The minimum Gasteiger partial charge on any atom is -0.481 e. The van der Waals surface area contributed by atoms with Crippen molar-refractivity contribution in [3.63, 3.8) is 0 Å². The highest BCUT2D eigenvalue weighted by Crippen LogP contribution is 2.31. The van der Waals surface area contributed by atoms with Gasteiger partial charge in [0, 0.05) is 20.1 Å². The number of aryl methyl sites for hydroxylation is 2. The van der Waals surface area contributed by atoms with Gasteiger partial charge in [-0.25, -0.2) is 0 Å². The number of aliphatic carboxylic acids is 1. The van der Waals surface area contributed by atoms with Crippen LogP contribution in [0.5, 0.6) is 0 Å². The number of carbonyl (C=O) groups is 1. The van der Waals surface area contributed by atoms with Crippen molar-refractivity contribution in [1.82, 2.24) is 14.7 Å². The lowest BCUT2D eigenvalue weighted by Gasteiger charge is -2.37. The summed E-state index contributed by atoms with van der Waals surface area (Å²) in [6, 6.07) is 0. The average Bonchev–Trinajstić information content (AvgIpc) is 2.66. The highest BCUT2D eigenvalue weighted by Gasteiger charge is 2.38. The molecule has 1 atom stereocenters. The summed E-state index contributed by atoms with van der Waals surface area (Å²) in [5.41, 5.74) is 1.55. The molecule has 2 rings (SSSR count). The molecule has 112 valence electrons. The van der Waals surface area contributed by atoms with Crippen molar-refractivity contribution in [2.75, 3.05) is 13.1 Å². The van der Waals surface area contributed by atoms with Gasteiger partial charge in [-0.1, -0.05) is 6.92 Å². The molecule has 1 aliphatic rings. The van der Waals surface area contributed by atoms with E-state index in [9.17, 15) is 9.90 Å². The molecule has 0 aromatic carbocycles. The lowest BCUT2D eigenvalue weighted by Crippen LogP contribution is -2.45. The summed E-state index contributed by atoms with van der Waals surface area (Å²) in [6.45, 7) is 6.22. The van der Waals surface area contributed by atoms with Gasteiger partial charge in [0.25, 0.3) is 0 Å². The van der Waals surface area contributed by atoms with Crippen LogP contribution in [-0.2, 0) is 24.8 Å². The van der Waals surface area contributed by atoms with E-state index in [-0.39, 0.29) is 0 Å². The number of likely N-dealkylation sites (tertiary alicyclic amines) is 1. The van der Waals surface area contributed by atoms with Crippen LogP contribution in [0.2, 0.25) is 0 Å². The standard InChI is InChI=1S/C14H22BrN3O2/c1-4-10-12(15)11(17(3)16-10)8-18-7-5-6-14(2,9-18)13(19)20/h4-9H2,1-3H3,(H,19,20). The first-order valence-electron chi connectivity index (χ1n) is 7.03. The van der Waals surface area contributed by atoms with Gasteiger partial charge >= 0.3 is 5.97 Å². The third kappa shape index (κ3) is 2.91. The van der Waals surface area contributed by atoms with Gasteiger partial charge in [-0.15, -0.1) is 0 Å². The summed E-state index contributed by atoms with van der Waals surface area (Å²) in [6.07, 6.45) is 2.58. The number of halogens is 1. The summed E-state index contributed by atoms with van der Waals surface area (Å²) in [5.74, 6) is -0.694. The monoisotopic (exact) mass is 343 g/mol. The van der Waals surface area contributed by atoms with Gasteiger partial charge in [0.1, 0.15) is 0 Å². The zero-order chi connectivity index (χ0) is 14.9. The van der Waals surface area contributed by atoms with Crippen molar-refractivity contribution in [2.45, 2.75) is 39.7 Å². The summed E-state index contributed by atoms with van der Waals surface area (Å²) in [5, 5.41) is 13.9. The summed E-state index contributed by atoms with van der Waals surface area (Å²) < 4.78 is 2.96. The maximum absolute atomic E-state index is 11.4. The molecular weight excluding hydrogens is 322 g/mol. The molecule has 6 heteroatoms. The van der Waals surface area contributed by atoms with E-state index < -0.39 is 11.4 Å². The van der Waals surface area contributed by atoms with Crippen LogP contribution in [-0.4, -0.2) is 38.8 Å². The molecule has 1 N–H and O–H groups in total. The second-order valence-corrected chi connectivity index (χ2v) is 6.66. The molecule has 1 aromatic heterocycles. The minimum absolute atomic E-state index is 0.599. The number of nitrogens with zero attached hydrogens (tertiary/aromatic N) is 3. The van der Waals surface area contributed by atoms with Crippen molar-refractivity contribution in [1.29, 1.82) is 0 Å². The Bertz CT molecular complexity index is 515. The first-order valence-corrected chi connectivity index (χ1v) is 7.82. The number of aromatic nitrogens is 2. The molecule has 1 aliphatic heterocycles. The predicted molar refractivity (Wildman–Crippen MR) is 80.5 cm³/mol. The van der Waals surface area contributed by atoms with Gasteiger partial charge in [-0.05, 0) is 48.7 Å². The maximum atomic E-state index is 11.4. The summed E-state index contributed by atoms with van der Waals surface area (Å²) in [4.78, 5) is 13.6. The molecule has 5 nitrogen and oxygen atoms in total. The summed E-state index contributed by atoms with van der Waals surface area (Å²) in [7, 11) is 1.94. The molecule has 0 bridgehead atoms. The van der Waals surface area contributed by atoms with Crippen molar-refractivity contribution < 1.29 is 9.90 Å². The van der Waals surface area contributed by atoms with E-state index in [2.05, 4.69) is 32.9 Å². The predicted octanol–water partition coefficient (Wildman–Crippen LogP) is 2.43. The topological polar surface area (TPSA) is 58.4 Å². The lowest BCUT2D eigenvalue weighted by molar-refractivity contribution is -0.151. The molecule has 1 aromatic rings. The Morgan fingerprint density at radius 3 is 2.80 bits per heavy atom. The fourth-order valence-corrected chi connectivity index (χ4v) is 3.60. The van der Waals surface area contributed by atoms with Crippen molar-refractivity contribution in [2.24, 2.45) is 12.5 Å². The fraction of sp³-hybridized carbons (Fsp3) is 0.714. The van der Waals surface area contributed by atoms with Crippen molar-refractivity contribution in [3.8, 4) is 0 Å². The van der Waals surface area contributed by atoms with E-state index in [1.54, 1.807) is 0 Å². The van der Waals surface area contributed by atoms with Crippen LogP contribution in [0.4, 0.5) is 0 Å². The third-order valence-electron chi connectivity index (χ3n) is 4.17. The number of piperidine rings is 1. The highest BCUT2D eigenvalue weighted by molar-refractivity contribution is 9.10. The Kier molecular flexibility index (Phi) is 4.54. The number of rotatable bonds is 4. The van der Waals surface area contributed by atoms with Gasteiger partial charge in [-0.3, -0.25) is 14.4 Å². The summed E-state index contributed by atoms with van der Waals surface area (Å²) >= 11 is 3.62. The smallest absolute Gasteiger partial charge is 0.310 e. The van der Waals surface area contributed by atoms with E-state index in [0.29, 0.717) is 6.54 Å². The quantitative estimate of drug-likeness (QED) is 0.912. The molecule has 0 spiro atoms. The van der Waals surface area contributed by atoms with Crippen LogP contribution in [0.1, 0.15) is 38.1 Å². The zero-order valence-electron chi connectivity index (χ0n) is 12.3. The van der Waals surface area contributed by atoms with Crippen LogP contribution in [0.25, 0.3) is 0 Å². The van der Waals surface area contributed by atoms with E-state index in [1.165, 1.54) is 0 Å². The van der Waals surface area contributed by atoms with Crippen LogP contribution in [0.3, 0.4) is 0 Å². The minimum atomic E-state index is -0.694. The first-order chi connectivity index (χ1) is 9.37. The van der Waals surface area contributed by atoms with E-state index in [1.807, 2.05) is 18.7 Å². The van der Waals surface area contributed by atoms with E-state index in [4.69, 9.17) is 0 Å². The molecule has 1 unspecified atom stereocenters. The van der Waals surface area contributed by atoms with Crippen LogP contribution in [0.15, 0.2) is 4.47 Å². The third-order valence-corrected chi connectivity index (χ3v) is 5.08. The van der Waals surface area contributed by atoms with Crippen molar-refractivity contribution in [3.05, 3.63) is 15.9 Å². The average molecular weight is 344 g/mol. The molecule has 1 fully saturated rings. The SMILES string of the molecule is CCc1nn(C)c(CN2CCCC(C)(C(=O)O)C2)c1Br. The van der Waals surface area contributed by atoms with Gasteiger partial charge in [0.15, 0.2) is 0 Å². The van der Waals surface area contributed by atoms with Crippen LogP contribution in [0, 0.1) is 5.41 Å². The van der Waals surface area contributed by atoms with Gasteiger partial charge in [-0.2, -0.15) is 5.10 Å². The van der Waals surface area contributed by atoms with Crippen LogP contribution >= 0.6 is 15.9 Å². The first kappa shape index (κ1) is 15.5. The van der Waals surface area contributed by atoms with E-state index in [0.717, 1.165) is 48.2 Å². The second kappa shape index (κ2) is 5.85. The molecule has 0 amide bonds. The Morgan fingerprint density at radius 2 is 2.25 bits per heavy atom. The largest absolute Gasteiger partial charge is 0.481 e. The Hall–Kier alpha value is -0.880. The number of hydrogen-bond donors (Lipinski definition) is 1. The molecule has 0 radical (unpaired) electrons. The van der Waals surface area contributed by atoms with E-state index >= 15 is 0 Å². The lowest BCUT2D eigenvalue weighted by atomic mass is 9.82. The molecule has 20 heavy (non-hydrogen) atoms. The Morgan fingerprint density at radius 1 is 1.55 bits per heavy atom. The Labute approximate surface area is 128 Å². The normalized spacial score (nSPS) is 24.0. The highest BCUT2D eigenvalue weighted by atomic mass is 79.9. The molecule has 0 saturated carbocycles. The van der Waals surface area contributed by atoms with Gasteiger partial charge in [0.2, 0.25) is 0 Å². The molecule has 0 aliphatic carbocycles. The molecule has 1 saturated heterocycles. The van der Waals surface area contributed by atoms with Crippen molar-refractivity contribution >= 4 is 21.9 Å². The maximum Gasteiger partial charge on any atom is 0.310 e. The zero-order valence-corrected chi connectivity index (χ0v) is 13.9. The number of carboxylic acid groups (broad SMARTS) is 1. The van der Waals surface area contributed by atoms with Crippen LogP contribution < -0.4 is 0 Å². The van der Waals surface area contributed by atoms with Gasteiger partial charge < -0.3 is 5.11 Å². The molecular formula is C14H22BrN3O2.